The lowest BCUT2D eigenvalue weighted by Gasteiger charge is -2.14. The maximum atomic E-state index is 9.17. The summed E-state index contributed by atoms with van der Waals surface area (Å²) in [6.07, 6.45) is -0.387. The first kappa shape index (κ1) is 14.1. The highest BCUT2D eigenvalue weighted by Gasteiger charge is 2.11. The first-order valence-electron chi connectivity index (χ1n) is 5.37. The number of methoxy groups -OCH3 is 2. The minimum Gasteiger partial charge on any atom is -0.493 e. The van der Waals surface area contributed by atoms with E-state index in [1.165, 1.54) is 0 Å². The van der Waals surface area contributed by atoms with Crippen LogP contribution < -0.4 is 14.8 Å². The molecule has 96 valence electrons. The molecule has 0 aromatic heterocycles. The molecule has 0 aliphatic heterocycles. The summed E-state index contributed by atoms with van der Waals surface area (Å²) < 4.78 is 10.5. The van der Waals surface area contributed by atoms with Crippen molar-refractivity contribution in [3.8, 4) is 11.5 Å². The Bertz CT molecular complexity index is 369. The second kappa shape index (κ2) is 6.69. The minimum absolute atomic E-state index is 0.387. The fraction of sp³-hybridized carbons (Fsp3) is 0.500. The Hall–Kier alpha value is -0.970. The van der Waals surface area contributed by atoms with Gasteiger partial charge in [0, 0.05) is 29.7 Å². The second-order valence-electron chi connectivity index (χ2n) is 3.78. The Labute approximate surface area is 106 Å². The fourth-order valence-corrected chi connectivity index (χ4v) is 1.78. The third-order valence-electron chi connectivity index (χ3n) is 2.28. The largest absolute Gasteiger partial charge is 0.493 e. The minimum atomic E-state index is -0.387. The molecule has 1 rings (SSSR count). The van der Waals surface area contributed by atoms with Gasteiger partial charge in [-0.1, -0.05) is 11.6 Å². The summed E-state index contributed by atoms with van der Waals surface area (Å²) in [5.74, 6) is 1.27. The molecule has 0 aliphatic carbocycles. The summed E-state index contributed by atoms with van der Waals surface area (Å²) in [4.78, 5) is 0. The number of nitrogens with one attached hydrogen (secondary N) is 1. The topological polar surface area (TPSA) is 50.7 Å². The van der Waals surface area contributed by atoms with Crippen molar-refractivity contribution >= 4 is 11.6 Å². The average Bonchev–Trinajstić information content (AvgIpc) is 2.27. The van der Waals surface area contributed by atoms with Crippen molar-refractivity contribution in [1.29, 1.82) is 0 Å². The summed E-state index contributed by atoms with van der Waals surface area (Å²) in [6, 6.07) is 3.52. The van der Waals surface area contributed by atoms with E-state index in [0.29, 0.717) is 29.6 Å². The van der Waals surface area contributed by atoms with Gasteiger partial charge in [0.25, 0.3) is 0 Å². The van der Waals surface area contributed by atoms with Crippen LogP contribution in [0.3, 0.4) is 0 Å². The lowest BCUT2D eigenvalue weighted by Crippen LogP contribution is -2.24. The molecule has 0 spiro atoms. The molecule has 1 atom stereocenters. The van der Waals surface area contributed by atoms with E-state index in [0.717, 1.165) is 5.56 Å². The van der Waals surface area contributed by atoms with Crippen molar-refractivity contribution < 1.29 is 14.6 Å². The second-order valence-corrected chi connectivity index (χ2v) is 4.22. The van der Waals surface area contributed by atoms with Crippen LogP contribution in [0.25, 0.3) is 0 Å². The van der Waals surface area contributed by atoms with Crippen LogP contribution in [0.5, 0.6) is 11.5 Å². The average molecular weight is 260 g/mol. The molecule has 1 aromatic carbocycles. The molecular weight excluding hydrogens is 242 g/mol. The molecular formula is C12H18ClNO3. The van der Waals surface area contributed by atoms with E-state index in [1.54, 1.807) is 27.2 Å². The molecule has 0 bridgehead atoms. The number of rotatable bonds is 6. The van der Waals surface area contributed by atoms with Gasteiger partial charge in [-0.05, 0) is 13.0 Å². The van der Waals surface area contributed by atoms with Gasteiger partial charge in [-0.2, -0.15) is 0 Å². The zero-order chi connectivity index (χ0) is 12.8. The highest BCUT2D eigenvalue weighted by atomic mass is 35.5. The first-order chi connectivity index (χ1) is 8.08. The number of benzene rings is 1. The Balaban J connectivity index is 2.85. The molecule has 4 nitrogen and oxygen atoms in total. The highest BCUT2D eigenvalue weighted by molar-refractivity contribution is 6.30. The summed E-state index contributed by atoms with van der Waals surface area (Å²) in [5, 5.41) is 12.9. The van der Waals surface area contributed by atoms with Gasteiger partial charge < -0.3 is 19.9 Å². The van der Waals surface area contributed by atoms with Crippen LogP contribution >= 0.6 is 11.6 Å². The quantitative estimate of drug-likeness (QED) is 0.818. The summed E-state index contributed by atoms with van der Waals surface area (Å²) in [5.41, 5.74) is 0.900. The van der Waals surface area contributed by atoms with Crippen LogP contribution in [0.2, 0.25) is 5.02 Å². The van der Waals surface area contributed by atoms with Gasteiger partial charge in [0.05, 0.1) is 20.3 Å². The molecule has 0 saturated carbocycles. The van der Waals surface area contributed by atoms with Crippen LogP contribution in [0.1, 0.15) is 12.5 Å². The fourth-order valence-electron chi connectivity index (χ4n) is 1.55. The number of ether oxygens (including phenoxy) is 2. The normalized spacial score (nSPS) is 12.3. The first-order valence-corrected chi connectivity index (χ1v) is 5.75. The molecule has 0 unspecified atom stereocenters. The number of aliphatic hydroxyl groups is 1. The van der Waals surface area contributed by atoms with Crippen LogP contribution in [-0.2, 0) is 6.54 Å². The molecule has 0 fully saturated rings. The zero-order valence-electron chi connectivity index (χ0n) is 10.3. The van der Waals surface area contributed by atoms with Crippen molar-refractivity contribution in [2.24, 2.45) is 0 Å². The number of aliphatic hydroxyl groups excluding tert-OH is 1. The van der Waals surface area contributed by atoms with Gasteiger partial charge in [0.1, 0.15) is 0 Å². The van der Waals surface area contributed by atoms with Gasteiger partial charge in [-0.25, -0.2) is 0 Å². The lowest BCUT2D eigenvalue weighted by molar-refractivity contribution is 0.191. The summed E-state index contributed by atoms with van der Waals surface area (Å²) in [6.45, 7) is 2.80. The van der Waals surface area contributed by atoms with Crippen molar-refractivity contribution in [1.82, 2.24) is 5.32 Å². The van der Waals surface area contributed by atoms with E-state index >= 15 is 0 Å². The number of halogens is 1. The molecule has 0 radical (unpaired) electrons. The van der Waals surface area contributed by atoms with Crippen LogP contribution in [0.4, 0.5) is 0 Å². The molecule has 17 heavy (non-hydrogen) atoms. The molecule has 5 heteroatoms. The van der Waals surface area contributed by atoms with Gasteiger partial charge in [0.2, 0.25) is 0 Å². The summed E-state index contributed by atoms with van der Waals surface area (Å²) in [7, 11) is 3.16. The van der Waals surface area contributed by atoms with Crippen LogP contribution in [-0.4, -0.2) is 32.0 Å². The highest BCUT2D eigenvalue weighted by Crippen LogP contribution is 2.34. The molecule has 1 aromatic rings. The predicted molar refractivity (Wildman–Crippen MR) is 67.9 cm³/mol. The van der Waals surface area contributed by atoms with Gasteiger partial charge in [0.15, 0.2) is 11.5 Å². The Morgan fingerprint density at radius 2 is 2.06 bits per heavy atom. The number of hydrogen-bond donors (Lipinski definition) is 2. The predicted octanol–water partition coefficient (Wildman–Crippen LogP) is 1.83. The van der Waals surface area contributed by atoms with Crippen molar-refractivity contribution in [2.45, 2.75) is 19.6 Å². The van der Waals surface area contributed by atoms with Crippen LogP contribution in [0.15, 0.2) is 12.1 Å². The third kappa shape index (κ3) is 4.07. The summed E-state index contributed by atoms with van der Waals surface area (Å²) >= 11 is 5.99. The monoisotopic (exact) mass is 259 g/mol. The van der Waals surface area contributed by atoms with Crippen molar-refractivity contribution in [3.05, 3.63) is 22.7 Å². The maximum Gasteiger partial charge on any atom is 0.165 e. The standard InChI is InChI=1S/C12H18ClNO3/c1-8(15)6-14-7-9-4-10(13)5-11(16-2)12(9)17-3/h4-5,8,14-15H,6-7H2,1-3H3/t8-/m0/s1. The zero-order valence-corrected chi connectivity index (χ0v) is 11.0. The van der Waals surface area contributed by atoms with E-state index in [1.807, 2.05) is 6.07 Å². The third-order valence-corrected chi connectivity index (χ3v) is 2.49. The Kier molecular flexibility index (Phi) is 5.55. The number of hydrogen-bond acceptors (Lipinski definition) is 4. The van der Waals surface area contributed by atoms with E-state index in [9.17, 15) is 0 Å². The lowest BCUT2D eigenvalue weighted by atomic mass is 10.1. The van der Waals surface area contributed by atoms with Crippen molar-refractivity contribution in [2.75, 3.05) is 20.8 Å². The molecule has 0 amide bonds. The SMILES string of the molecule is COc1cc(Cl)cc(CNC[C@H](C)O)c1OC. The van der Waals surface area contributed by atoms with Gasteiger partial charge in [-0.3, -0.25) is 0 Å². The maximum absolute atomic E-state index is 9.17. The van der Waals surface area contributed by atoms with Gasteiger partial charge >= 0.3 is 0 Å². The Morgan fingerprint density at radius 3 is 2.59 bits per heavy atom. The molecule has 0 saturated heterocycles. The molecule has 0 aliphatic rings. The van der Waals surface area contributed by atoms with E-state index in [4.69, 9.17) is 26.2 Å². The van der Waals surface area contributed by atoms with Crippen molar-refractivity contribution in [3.63, 3.8) is 0 Å². The Morgan fingerprint density at radius 1 is 1.35 bits per heavy atom. The smallest absolute Gasteiger partial charge is 0.165 e. The van der Waals surface area contributed by atoms with E-state index in [-0.39, 0.29) is 6.10 Å². The van der Waals surface area contributed by atoms with Crippen LogP contribution in [0, 0.1) is 0 Å². The molecule has 0 heterocycles. The van der Waals surface area contributed by atoms with E-state index < -0.39 is 0 Å². The van der Waals surface area contributed by atoms with Gasteiger partial charge in [-0.15, -0.1) is 0 Å². The van der Waals surface area contributed by atoms with E-state index in [2.05, 4.69) is 5.32 Å². The molecule has 2 N–H and O–H groups in total.